The van der Waals surface area contributed by atoms with Crippen LogP contribution in [0.3, 0.4) is 0 Å². The molecular weight excluding hydrogens is 771 g/mol. The maximum Gasteiger partial charge on any atom is 0.0462 e. The van der Waals surface area contributed by atoms with Crippen LogP contribution in [0.25, 0.3) is 66.8 Å². The third-order valence-corrected chi connectivity index (χ3v) is 15.0. The Labute approximate surface area is 378 Å². The molecule has 64 heavy (non-hydrogen) atoms. The van der Waals surface area contributed by atoms with Gasteiger partial charge in [-0.3, -0.25) is 0 Å². The fraction of sp³-hybridized carbons (Fsp3) is 0.143. The van der Waals surface area contributed by atoms with E-state index in [0.717, 1.165) is 17.1 Å². The molecular formula is C63H51N. The van der Waals surface area contributed by atoms with Crippen LogP contribution in [0.4, 0.5) is 17.1 Å². The number of hydrogen-bond donors (Lipinski definition) is 0. The first kappa shape index (κ1) is 38.5. The highest BCUT2D eigenvalue weighted by Crippen LogP contribution is 2.55. The summed E-state index contributed by atoms with van der Waals surface area (Å²) in [6.45, 7) is 14.2. The second-order valence-electron chi connectivity index (χ2n) is 19.7. The van der Waals surface area contributed by atoms with Crippen LogP contribution in [-0.2, 0) is 16.2 Å². The van der Waals surface area contributed by atoms with E-state index < -0.39 is 0 Å². The zero-order chi connectivity index (χ0) is 43.5. The zero-order valence-corrected chi connectivity index (χ0v) is 37.5. The Balaban J connectivity index is 0.953. The Morgan fingerprint density at radius 3 is 0.750 bits per heavy atom. The average Bonchev–Trinajstić information content (AvgIpc) is 3.83. The van der Waals surface area contributed by atoms with Gasteiger partial charge in [0.15, 0.2) is 0 Å². The molecule has 0 atom stereocenters. The van der Waals surface area contributed by atoms with Crippen LogP contribution in [0, 0.1) is 0 Å². The van der Waals surface area contributed by atoms with Crippen LogP contribution in [0.1, 0.15) is 74.9 Å². The molecule has 0 bridgehead atoms. The molecule has 0 spiro atoms. The van der Waals surface area contributed by atoms with Crippen molar-refractivity contribution in [1.82, 2.24) is 0 Å². The molecule has 0 amide bonds. The summed E-state index contributed by atoms with van der Waals surface area (Å²) in [5.74, 6) is 0. The highest BCUT2D eigenvalue weighted by Gasteiger charge is 2.40. The Morgan fingerprint density at radius 2 is 0.469 bits per heavy atom. The van der Waals surface area contributed by atoms with E-state index in [4.69, 9.17) is 0 Å². The Morgan fingerprint density at radius 1 is 0.234 bits per heavy atom. The lowest BCUT2D eigenvalue weighted by molar-refractivity contribution is 0.662. The van der Waals surface area contributed by atoms with Crippen LogP contribution >= 0.6 is 0 Å². The highest BCUT2D eigenvalue weighted by atomic mass is 15.1. The number of benzene rings is 9. The monoisotopic (exact) mass is 821 g/mol. The number of fused-ring (bicyclic) bond motifs is 9. The molecule has 9 aromatic rings. The van der Waals surface area contributed by atoms with Crippen LogP contribution in [0.5, 0.6) is 0 Å². The van der Waals surface area contributed by atoms with Gasteiger partial charge in [0.2, 0.25) is 0 Å². The predicted molar refractivity (Wildman–Crippen MR) is 270 cm³/mol. The van der Waals surface area contributed by atoms with Gasteiger partial charge in [0.05, 0.1) is 0 Å². The molecule has 1 nitrogen and oxygen atoms in total. The topological polar surface area (TPSA) is 3.24 Å². The van der Waals surface area contributed by atoms with Gasteiger partial charge < -0.3 is 4.90 Å². The minimum absolute atomic E-state index is 0.0928. The van der Waals surface area contributed by atoms with Gasteiger partial charge in [-0.2, -0.15) is 0 Å². The van der Waals surface area contributed by atoms with Crippen LogP contribution in [-0.4, -0.2) is 0 Å². The largest absolute Gasteiger partial charge is 0.311 e. The van der Waals surface area contributed by atoms with E-state index in [9.17, 15) is 0 Å². The third-order valence-electron chi connectivity index (χ3n) is 15.0. The van der Waals surface area contributed by atoms with Crippen molar-refractivity contribution in [3.8, 4) is 66.8 Å². The second-order valence-corrected chi connectivity index (χ2v) is 19.7. The van der Waals surface area contributed by atoms with Crippen molar-refractivity contribution in [3.63, 3.8) is 0 Å². The van der Waals surface area contributed by atoms with E-state index in [1.807, 2.05) is 0 Å². The van der Waals surface area contributed by atoms with Crippen LogP contribution in [0.2, 0.25) is 0 Å². The van der Waals surface area contributed by atoms with Crippen molar-refractivity contribution in [3.05, 3.63) is 234 Å². The lowest BCUT2D eigenvalue weighted by Gasteiger charge is -2.28. The van der Waals surface area contributed by atoms with E-state index in [1.165, 1.54) is 100 Å². The SMILES string of the molecule is CC1(C)c2ccccc2-c2cccc(-c3ccc(N(c4ccc(-c5cccc6c5C(C)(C)c5ccccc5-6)cc4)c4ccc(-c5cccc6c5C(C)(C)c5ccccc5-6)cc4)cc3)c21. The van der Waals surface area contributed by atoms with E-state index >= 15 is 0 Å². The number of hydrogen-bond acceptors (Lipinski definition) is 1. The van der Waals surface area contributed by atoms with Crippen molar-refractivity contribution >= 4 is 17.1 Å². The number of rotatable bonds is 6. The third kappa shape index (κ3) is 5.50. The van der Waals surface area contributed by atoms with Crippen molar-refractivity contribution in [2.75, 3.05) is 4.90 Å². The first-order valence-corrected chi connectivity index (χ1v) is 22.8. The smallest absolute Gasteiger partial charge is 0.0462 e. The highest BCUT2D eigenvalue weighted by molar-refractivity contribution is 5.92. The molecule has 3 aliphatic carbocycles. The molecule has 0 fully saturated rings. The summed E-state index contributed by atoms with van der Waals surface area (Å²) in [6.07, 6.45) is 0. The van der Waals surface area contributed by atoms with Gasteiger partial charge >= 0.3 is 0 Å². The maximum absolute atomic E-state index is 2.41. The van der Waals surface area contributed by atoms with Gasteiger partial charge in [0.1, 0.15) is 0 Å². The summed E-state index contributed by atoms with van der Waals surface area (Å²) in [6, 6.07) is 74.9. The quantitative estimate of drug-likeness (QED) is 0.161. The average molecular weight is 822 g/mol. The minimum atomic E-state index is -0.0928. The van der Waals surface area contributed by atoms with Gasteiger partial charge in [-0.05, 0) is 137 Å². The van der Waals surface area contributed by atoms with Gasteiger partial charge in [-0.15, -0.1) is 0 Å². The Kier molecular flexibility index (Phi) is 8.35. The molecule has 0 saturated carbocycles. The number of anilines is 3. The van der Waals surface area contributed by atoms with E-state index in [-0.39, 0.29) is 16.2 Å². The molecule has 0 aliphatic heterocycles. The lowest BCUT2D eigenvalue weighted by Crippen LogP contribution is -2.16. The van der Waals surface area contributed by atoms with E-state index in [1.54, 1.807) is 0 Å². The molecule has 0 saturated heterocycles. The Bertz CT molecular complexity index is 2970. The standard InChI is InChI=1S/C63H51N/c1-61(2)55-25-10-7-16-49(55)52-22-13-19-46(58(52)61)40-28-34-43(35-29-40)64(44-36-30-41(31-37-44)47-20-14-23-53-50-17-8-11-26-56(50)62(3,4)59(47)53)45-38-32-42(33-39-45)48-21-15-24-54-51-18-9-12-27-57(51)63(5,6)60(48)54/h7-39H,1-6H3. The molecule has 308 valence electrons. The summed E-state index contributed by atoms with van der Waals surface area (Å²) in [7, 11) is 0. The molecule has 9 aromatic carbocycles. The van der Waals surface area contributed by atoms with E-state index in [2.05, 4.69) is 247 Å². The fourth-order valence-corrected chi connectivity index (χ4v) is 12.1. The predicted octanol–water partition coefficient (Wildman–Crippen LogP) is 17.1. The summed E-state index contributed by atoms with van der Waals surface area (Å²) in [5.41, 5.74) is 27.2. The van der Waals surface area contributed by atoms with Crippen molar-refractivity contribution in [2.45, 2.75) is 57.8 Å². The summed E-state index contributed by atoms with van der Waals surface area (Å²) < 4.78 is 0. The summed E-state index contributed by atoms with van der Waals surface area (Å²) in [5, 5.41) is 0. The van der Waals surface area contributed by atoms with Crippen molar-refractivity contribution in [1.29, 1.82) is 0 Å². The van der Waals surface area contributed by atoms with Crippen molar-refractivity contribution < 1.29 is 0 Å². The normalized spacial score (nSPS) is 15.1. The summed E-state index contributed by atoms with van der Waals surface area (Å²) >= 11 is 0. The van der Waals surface area contributed by atoms with Crippen molar-refractivity contribution in [2.24, 2.45) is 0 Å². The fourth-order valence-electron chi connectivity index (χ4n) is 12.1. The zero-order valence-electron chi connectivity index (χ0n) is 37.5. The van der Waals surface area contributed by atoms with Gasteiger partial charge in [-0.25, -0.2) is 0 Å². The number of nitrogens with zero attached hydrogens (tertiary/aromatic N) is 1. The van der Waals surface area contributed by atoms with E-state index in [0.29, 0.717) is 0 Å². The molecule has 0 radical (unpaired) electrons. The van der Waals surface area contributed by atoms with Gasteiger partial charge in [0, 0.05) is 33.3 Å². The molecule has 3 aliphatic rings. The molecule has 1 heteroatoms. The van der Waals surface area contributed by atoms with Crippen LogP contribution < -0.4 is 4.90 Å². The summed E-state index contributed by atoms with van der Waals surface area (Å²) in [4.78, 5) is 2.41. The molecule has 0 aromatic heterocycles. The second kappa shape index (κ2) is 13.9. The minimum Gasteiger partial charge on any atom is -0.311 e. The molecule has 0 heterocycles. The molecule has 0 unspecified atom stereocenters. The molecule has 12 rings (SSSR count). The lowest BCUT2D eigenvalue weighted by atomic mass is 9.79. The van der Waals surface area contributed by atoms with Gasteiger partial charge in [-0.1, -0.05) is 205 Å². The Hall–Kier alpha value is -7.22. The first-order valence-electron chi connectivity index (χ1n) is 22.8. The maximum atomic E-state index is 2.41. The van der Waals surface area contributed by atoms with Crippen LogP contribution in [0.15, 0.2) is 200 Å². The first-order chi connectivity index (χ1) is 31.0. The molecule has 0 N–H and O–H groups in total. The van der Waals surface area contributed by atoms with Gasteiger partial charge in [0.25, 0.3) is 0 Å².